The molecule has 1 N–H and O–H groups in total. The van der Waals surface area contributed by atoms with Gasteiger partial charge in [-0.1, -0.05) is 67.4 Å². The Balaban J connectivity index is 1.82. The third kappa shape index (κ3) is 7.66. The first-order valence-electron chi connectivity index (χ1n) is 12.5. The first-order valence-corrected chi connectivity index (χ1v) is 12.5. The van der Waals surface area contributed by atoms with E-state index in [0.717, 1.165) is 31.2 Å². The molecule has 204 valence electrons. The van der Waals surface area contributed by atoms with E-state index < -0.39 is 29.6 Å². The zero-order chi connectivity index (χ0) is 27.2. The smallest absolute Gasteiger partial charge is 0.406 e. The minimum absolute atomic E-state index is 0.281. The number of halogens is 6. The first kappa shape index (κ1) is 27.8. The molecule has 0 bridgehead atoms. The summed E-state index contributed by atoms with van der Waals surface area (Å²) in [5.74, 6) is -0.318. The molecule has 0 saturated heterocycles. The normalized spacial score (nSPS) is 15.0. The van der Waals surface area contributed by atoms with Gasteiger partial charge >= 0.3 is 12.7 Å². The van der Waals surface area contributed by atoms with Crippen LogP contribution in [0.1, 0.15) is 42.4 Å². The highest BCUT2D eigenvalue weighted by Crippen LogP contribution is 2.40. The number of alkyl halides is 6. The number of hydrogen-bond donors (Lipinski definition) is 1. The van der Waals surface area contributed by atoms with Gasteiger partial charge in [0.15, 0.2) is 0 Å². The average molecular weight is 538 g/mol. The highest BCUT2D eigenvalue weighted by molar-refractivity contribution is 5.47. The lowest BCUT2D eigenvalue weighted by molar-refractivity contribution is -0.275. The van der Waals surface area contributed by atoms with E-state index in [2.05, 4.69) is 14.8 Å². The van der Waals surface area contributed by atoms with Gasteiger partial charge in [0.05, 0.1) is 0 Å². The average Bonchev–Trinajstić information content (AvgIpc) is 3.36. The minimum atomic E-state index is -4.89. The van der Waals surface area contributed by atoms with Crippen LogP contribution in [0.4, 0.5) is 26.3 Å². The molecule has 1 aliphatic carbocycles. The monoisotopic (exact) mass is 537 g/mol. The molecule has 38 heavy (non-hydrogen) atoms. The van der Waals surface area contributed by atoms with Crippen LogP contribution in [-0.4, -0.2) is 25.8 Å². The Morgan fingerprint density at radius 3 is 1.71 bits per heavy atom. The molecule has 1 fully saturated rings. The maximum Gasteiger partial charge on any atom is 0.573 e. The van der Waals surface area contributed by atoms with Crippen LogP contribution in [0.15, 0.2) is 78.9 Å². The van der Waals surface area contributed by atoms with Gasteiger partial charge in [0.2, 0.25) is 0 Å². The zero-order valence-electron chi connectivity index (χ0n) is 20.6. The molecule has 0 heterocycles. The molecule has 0 aliphatic heterocycles. The molecule has 1 aliphatic rings. The summed E-state index contributed by atoms with van der Waals surface area (Å²) in [5.41, 5.74) is 0.799. The molecule has 0 radical (unpaired) electrons. The van der Waals surface area contributed by atoms with Crippen LogP contribution in [0, 0.1) is 5.92 Å². The van der Waals surface area contributed by atoms with Gasteiger partial charge < -0.3 is 14.8 Å². The van der Waals surface area contributed by atoms with Crippen molar-refractivity contribution in [1.82, 2.24) is 5.32 Å². The molecule has 0 unspecified atom stereocenters. The Kier molecular flexibility index (Phi) is 8.55. The van der Waals surface area contributed by atoms with E-state index in [4.69, 9.17) is 0 Å². The summed E-state index contributed by atoms with van der Waals surface area (Å²) < 4.78 is 86.8. The minimum Gasteiger partial charge on any atom is -0.406 e. The maximum atomic E-state index is 13.1. The van der Waals surface area contributed by atoms with Crippen molar-refractivity contribution in [2.45, 2.75) is 50.2 Å². The predicted octanol–water partition coefficient (Wildman–Crippen LogP) is 7.79. The van der Waals surface area contributed by atoms with Crippen molar-refractivity contribution in [2.24, 2.45) is 5.92 Å². The van der Waals surface area contributed by atoms with Gasteiger partial charge in [-0.2, -0.15) is 0 Å². The summed E-state index contributed by atoms with van der Waals surface area (Å²) in [5, 5.41) is 3.49. The van der Waals surface area contributed by atoms with Crippen molar-refractivity contribution >= 4 is 0 Å². The van der Waals surface area contributed by atoms with Crippen LogP contribution in [0.2, 0.25) is 0 Å². The summed E-state index contributed by atoms with van der Waals surface area (Å²) in [7, 11) is 0. The quantitative estimate of drug-likeness (QED) is 0.268. The lowest BCUT2D eigenvalue weighted by atomic mass is 9.70. The van der Waals surface area contributed by atoms with Crippen molar-refractivity contribution in [1.29, 1.82) is 0 Å². The van der Waals surface area contributed by atoms with Crippen LogP contribution in [0.25, 0.3) is 0 Å². The Hall–Kier alpha value is -3.20. The standard InChI is InChI=1S/C29H29F6NO2/c30-28(31,32)37-25-14-6-12-23(16-25)27(18-21-8-2-1-3-9-21,20-36-19-22-10-4-5-11-22)24-13-7-15-26(17-24)38-29(33,34)35/h1-3,6-9,12-17,22,36H,4-5,10-11,18-20H2. The SMILES string of the molecule is FC(F)(F)Oc1cccc(C(CNCC2CCCC2)(Cc2ccccc2)c2cccc(OC(F)(F)F)c2)c1. The molecule has 4 rings (SSSR count). The molecule has 0 amide bonds. The fraction of sp³-hybridized carbons (Fsp3) is 0.379. The van der Waals surface area contributed by atoms with Gasteiger partial charge in [-0.3, -0.25) is 0 Å². The van der Waals surface area contributed by atoms with Gasteiger partial charge in [0, 0.05) is 12.0 Å². The summed E-state index contributed by atoms with van der Waals surface area (Å²) in [4.78, 5) is 0. The fourth-order valence-electron chi connectivity index (χ4n) is 5.27. The molecular formula is C29H29F6NO2. The molecule has 9 heteroatoms. The topological polar surface area (TPSA) is 30.5 Å². The number of nitrogens with one attached hydrogen (secondary N) is 1. The van der Waals surface area contributed by atoms with Crippen molar-refractivity contribution in [3.8, 4) is 11.5 Å². The van der Waals surface area contributed by atoms with E-state index in [-0.39, 0.29) is 6.54 Å². The van der Waals surface area contributed by atoms with Crippen LogP contribution >= 0.6 is 0 Å². The third-order valence-electron chi connectivity index (χ3n) is 6.92. The van der Waals surface area contributed by atoms with Crippen molar-refractivity contribution < 1.29 is 35.8 Å². The molecule has 0 spiro atoms. The van der Waals surface area contributed by atoms with Gasteiger partial charge in [-0.25, -0.2) is 0 Å². The van der Waals surface area contributed by atoms with Gasteiger partial charge in [-0.15, -0.1) is 26.3 Å². The molecule has 0 aromatic heterocycles. The number of benzene rings is 3. The lowest BCUT2D eigenvalue weighted by Crippen LogP contribution is -2.42. The second-order valence-corrected chi connectivity index (χ2v) is 9.68. The van der Waals surface area contributed by atoms with Crippen LogP contribution in [-0.2, 0) is 11.8 Å². The lowest BCUT2D eigenvalue weighted by Gasteiger charge is -2.37. The highest BCUT2D eigenvalue weighted by Gasteiger charge is 2.38. The fourth-order valence-corrected chi connectivity index (χ4v) is 5.27. The van der Waals surface area contributed by atoms with Gasteiger partial charge in [-0.05, 0) is 72.7 Å². The van der Waals surface area contributed by atoms with Crippen LogP contribution in [0.5, 0.6) is 11.5 Å². The number of ether oxygens (including phenoxy) is 2. The molecule has 3 aromatic rings. The van der Waals surface area contributed by atoms with Crippen molar-refractivity contribution in [3.05, 3.63) is 95.6 Å². The van der Waals surface area contributed by atoms with E-state index in [9.17, 15) is 26.3 Å². The predicted molar refractivity (Wildman–Crippen MR) is 132 cm³/mol. The largest absolute Gasteiger partial charge is 0.573 e. The first-order chi connectivity index (χ1) is 18.0. The van der Waals surface area contributed by atoms with Crippen molar-refractivity contribution in [3.63, 3.8) is 0 Å². The molecule has 1 saturated carbocycles. The second kappa shape index (κ2) is 11.7. The summed E-state index contributed by atoms with van der Waals surface area (Å²) in [6.07, 6.45) is -4.99. The van der Waals surface area contributed by atoms with E-state index in [0.29, 0.717) is 30.0 Å². The Bertz CT molecular complexity index is 1110. The second-order valence-electron chi connectivity index (χ2n) is 9.68. The van der Waals surface area contributed by atoms with E-state index in [1.54, 1.807) is 12.1 Å². The Morgan fingerprint density at radius 2 is 1.21 bits per heavy atom. The van der Waals surface area contributed by atoms with Crippen LogP contribution in [0.3, 0.4) is 0 Å². The zero-order valence-corrected chi connectivity index (χ0v) is 20.6. The molecule has 0 atom stereocenters. The van der Waals surface area contributed by atoms with E-state index >= 15 is 0 Å². The van der Waals surface area contributed by atoms with Gasteiger partial charge in [0.1, 0.15) is 11.5 Å². The van der Waals surface area contributed by atoms with Gasteiger partial charge in [0.25, 0.3) is 0 Å². The number of hydrogen-bond acceptors (Lipinski definition) is 3. The molecular weight excluding hydrogens is 508 g/mol. The maximum absolute atomic E-state index is 13.1. The van der Waals surface area contributed by atoms with Crippen LogP contribution < -0.4 is 14.8 Å². The van der Waals surface area contributed by atoms with Crippen molar-refractivity contribution in [2.75, 3.05) is 13.1 Å². The summed E-state index contributed by atoms with van der Waals surface area (Å²) in [6.45, 7) is 0.983. The molecule has 3 nitrogen and oxygen atoms in total. The molecule has 3 aromatic carbocycles. The summed E-state index contributed by atoms with van der Waals surface area (Å²) in [6, 6.07) is 20.6. The highest BCUT2D eigenvalue weighted by atomic mass is 19.4. The number of rotatable bonds is 10. The summed E-state index contributed by atoms with van der Waals surface area (Å²) >= 11 is 0. The Morgan fingerprint density at radius 1 is 0.684 bits per heavy atom. The van der Waals surface area contributed by atoms with E-state index in [1.165, 1.54) is 36.4 Å². The Labute approximate surface area is 217 Å². The third-order valence-corrected chi connectivity index (χ3v) is 6.92. The van der Waals surface area contributed by atoms with E-state index in [1.807, 2.05) is 30.3 Å².